The van der Waals surface area contributed by atoms with E-state index < -0.39 is 0 Å². The van der Waals surface area contributed by atoms with Crippen LogP contribution in [0.3, 0.4) is 0 Å². The van der Waals surface area contributed by atoms with Crippen LogP contribution in [0, 0.1) is 0 Å². The molecule has 0 saturated heterocycles. The molecule has 0 aromatic heterocycles. The topological polar surface area (TPSA) is 18.5 Å². The van der Waals surface area contributed by atoms with Crippen molar-refractivity contribution in [2.24, 2.45) is 0 Å². The summed E-state index contributed by atoms with van der Waals surface area (Å²) in [5.41, 5.74) is 1.33. The molecule has 0 aliphatic carbocycles. The Kier molecular flexibility index (Phi) is 5.22. The molecule has 19 heavy (non-hydrogen) atoms. The van der Waals surface area contributed by atoms with Crippen LogP contribution in [0.5, 0.6) is 5.75 Å². The summed E-state index contributed by atoms with van der Waals surface area (Å²) >= 11 is 0. The number of rotatable bonds is 7. The molecule has 0 spiro atoms. The Hall–Kier alpha value is -1.54. The van der Waals surface area contributed by atoms with Crippen LogP contribution in [0.1, 0.15) is 25.3 Å². The first-order chi connectivity index (χ1) is 9.33. The van der Waals surface area contributed by atoms with E-state index in [1.165, 1.54) is 22.8 Å². The van der Waals surface area contributed by atoms with Crippen LogP contribution in [0.4, 0.5) is 0 Å². The fourth-order valence-corrected chi connectivity index (χ4v) is 2.09. The van der Waals surface area contributed by atoms with Gasteiger partial charge in [0, 0.05) is 6.61 Å². The van der Waals surface area contributed by atoms with Crippen LogP contribution in [-0.2, 0) is 11.2 Å². The molecule has 0 aliphatic heterocycles. The van der Waals surface area contributed by atoms with Crippen molar-refractivity contribution in [1.82, 2.24) is 0 Å². The van der Waals surface area contributed by atoms with Gasteiger partial charge in [0.05, 0.1) is 13.7 Å². The predicted octanol–water partition coefficient (Wildman–Crippen LogP) is 4.21. The molecule has 0 aliphatic rings. The second-order valence-corrected chi connectivity index (χ2v) is 4.76. The molecule has 0 unspecified atom stereocenters. The summed E-state index contributed by atoms with van der Waals surface area (Å²) in [5, 5.41) is 2.47. The number of hydrogen-bond donors (Lipinski definition) is 0. The average molecular weight is 258 g/mol. The highest BCUT2D eigenvalue weighted by Crippen LogP contribution is 2.22. The van der Waals surface area contributed by atoms with Crippen LogP contribution < -0.4 is 4.74 Å². The Bertz CT molecular complexity index is 520. The first-order valence-corrected chi connectivity index (χ1v) is 6.98. The molecule has 2 aromatic rings. The zero-order chi connectivity index (χ0) is 13.5. The Labute approximate surface area is 115 Å². The third-order valence-electron chi connectivity index (χ3n) is 3.29. The molecule has 0 N–H and O–H groups in total. The fraction of sp³-hybridized carbons (Fsp3) is 0.412. The molecule has 2 heteroatoms. The van der Waals surface area contributed by atoms with Crippen molar-refractivity contribution < 1.29 is 9.47 Å². The molecule has 0 atom stereocenters. The average Bonchev–Trinajstić information content (AvgIpc) is 2.46. The summed E-state index contributed by atoms with van der Waals surface area (Å²) in [7, 11) is 1.70. The molecule has 0 heterocycles. The maximum absolute atomic E-state index is 5.61. The van der Waals surface area contributed by atoms with Gasteiger partial charge in [-0.3, -0.25) is 0 Å². The van der Waals surface area contributed by atoms with Gasteiger partial charge in [-0.25, -0.2) is 0 Å². The van der Waals surface area contributed by atoms with Gasteiger partial charge in [0.15, 0.2) is 0 Å². The van der Waals surface area contributed by atoms with E-state index in [0.29, 0.717) is 0 Å². The highest BCUT2D eigenvalue weighted by atomic mass is 16.5. The molecule has 102 valence electrons. The van der Waals surface area contributed by atoms with Crippen LogP contribution in [0.15, 0.2) is 36.4 Å². The van der Waals surface area contributed by atoms with Gasteiger partial charge < -0.3 is 9.47 Å². The standard InChI is InChI=1S/C17H22O2/c1-3-4-10-19-11-9-14-5-6-16-13-17(18-2)8-7-15(16)12-14/h5-8,12-13H,3-4,9-11H2,1-2H3. The van der Waals surface area contributed by atoms with Gasteiger partial charge in [0.1, 0.15) is 5.75 Å². The molecule has 2 nitrogen and oxygen atoms in total. The highest BCUT2D eigenvalue weighted by molar-refractivity contribution is 5.84. The van der Waals surface area contributed by atoms with E-state index in [1.807, 2.05) is 6.07 Å². The minimum atomic E-state index is 0.807. The van der Waals surface area contributed by atoms with Gasteiger partial charge in [0.2, 0.25) is 0 Å². The third-order valence-corrected chi connectivity index (χ3v) is 3.29. The molecule has 0 saturated carbocycles. The second kappa shape index (κ2) is 7.15. The van der Waals surface area contributed by atoms with E-state index in [-0.39, 0.29) is 0 Å². The Balaban J connectivity index is 1.97. The van der Waals surface area contributed by atoms with Gasteiger partial charge in [-0.15, -0.1) is 0 Å². The van der Waals surface area contributed by atoms with E-state index in [4.69, 9.17) is 9.47 Å². The number of hydrogen-bond acceptors (Lipinski definition) is 2. The molecule has 0 radical (unpaired) electrons. The van der Waals surface area contributed by atoms with Crippen molar-refractivity contribution in [2.75, 3.05) is 20.3 Å². The quantitative estimate of drug-likeness (QED) is 0.693. The predicted molar refractivity (Wildman–Crippen MR) is 79.9 cm³/mol. The summed E-state index contributed by atoms with van der Waals surface area (Å²) in [6, 6.07) is 12.7. The summed E-state index contributed by atoms with van der Waals surface area (Å²) in [6.45, 7) is 3.86. The number of methoxy groups -OCH3 is 1. The Morgan fingerprint density at radius 1 is 0.947 bits per heavy atom. The second-order valence-electron chi connectivity index (χ2n) is 4.76. The molecular weight excluding hydrogens is 236 g/mol. The number of unbranched alkanes of at least 4 members (excludes halogenated alkanes) is 1. The maximum atomic E-state index is 5.61. The fourth-order valence-electron chi connectivity index (χ4n) is 2.09. The van der Waals surface area contributed by atoms with E-state index in [0.717, 1.165) is 31.8 Å². The smallest absolute Gasteiger partial charge is 0.119 e. The lowest BCUT2D eigenvalue weighted by Gasteiger charge is -2.06. The minimum Gasteiger partial charge on any atom is -0.497 e. The third kappa shape index (κ3) is 3.97. The van der Waals surface area contributed by atoms with Gasteiger partial charge in [-0.2, -0.15) is 0 Å². The van der Waals surface area contributed by atoms with E-state index in [2.05, 4.69) is 37.3 Å². The first-order valence-electron chi connectivity index (χ1n) is 6.98. The number of benzene rings is 2. The highest BCUT2D eigenvalue weighted by Gasteiger charge is 1.99. The van der Waals surface area contributed by atoms with E-state index in [9.17, 15) is 0 Å². The van der Waals surface area contributed by atoms with Gasteiger partial charge in [-0.1, -0.05) is 37.6 Å². The summed E-state index contributed by atoms with van der Waals surface area (Å²) in [6.07, 6.45) is 3.32. The van der Waals surface area contributed by atoms with Crippen molar-refractivity contribution in [3.05, 3.63) is 42.0 Å². The Morgan fingerprint density at radius 3 is 2.53 bits per heavy atom. The van der Waals surface area contributed by atoms with E-state index in [1.54, 1.807) is 7.11 Å². The SMILES string of the molecule is CCCCOCCc1ccc2cc(OC)ccc2c1. The molecule has 2 aromatic carbocycles. The van der Waals surface area contributed by atoms with Gasteiger partial charge in [-0.05, 0) is 41.3 Å². The van der Waals surface area contributed by atoms with Crippen LogP contribution >= 0.6 is 0 Å². The summed E-state index contributed by atoms with van der Waals surface area (Å²) < 4.78 is 10.8. The normalized spacial score (nSPS) is 10.8. The van der Waals surface area contributed by atoms with Crippen LogP contribution in [0.25, 0.3) is 10.8 Å². The lowest BCUT2D eigenvalue weighted by molar-refractivity contribution is 0.134. The lowest BCUT2D eigenvalue weighted by Crippen LogP contribution is -2.00. The number of fused-ring (bicyclic) bond motifs is 1. The zero-order valence-electron chi connectivity index (χ0n) is 11.8. The molecular formula is C17H22O2. The Morgan fingerprint density at radius 2 is 1.74 bits per heavy atom. The molecule has 0 fully saturated rings. The van der Waals surface area contributed by atoms with Crippen molar-refractivity contribution in [1.29, 1.82) is 0 Å². The minimum absolute atomic E-state index is 0.807. The summed E-state index contributed by atoms with van der Waals surface area (Å²) in [5.74, 6) is 0.906. The molecule has 0 bridgehead atoms. The van der Waals surface area contributed by atoms with Crippen LogP contribution in [-0.4, -0.2) is 20.3 Å². The maximum Gasteiger partial charge on any atom is 0.119 e. The largest absolute Gasteiger partial charge is 0.497 e. The van der Waals surface area contributed by atoms with Crippen molar-refractivity contribution in [3.63, 3.8) is 0 Å². The zero-order valence-corrected chi connectivity index (χ0v) is 11.8. The van der Waals surface area contributed by atoms with Gasteiger partial charge in [0.25, 0.3) is 0 Å². The first kappa shape index (κ1) is 13.9. The monoisotopic (exact) mass is 258 g/mol. The van der Waals surface area contributed by atoms with Gasteiger partial charge >= 0.3 is 0 Å². The lowest BCUT2D eigenvalue weighted by atomic mass is 10.1. The van der Waals surface area contributed by atoms with Crippen molar-refractivity contribution >= 4 is 10.8 Å². The molecule has 0 amide bonds. The van der Waals surface area contributed by atoms with Crippen LogP contribution in [0.2, 0.25) is 0 Å². The van der Waals surface area contributed by atoms with Crippen molar-refractivity contribution in [3.8, 4) is 5.75 Å². The molecule has 2 rings (SSSR count). The van der Waals surface area contributed by atoms with Crippen molar-refractivity contribution in [2.45, 2.75) is 26.2 Å². The van der Waals surface area contributed by atoms with E-state index >= 15 is 0 Å². The summed E-state index contributed by atoms with van der Waals surface area (Å²) in [4.78, 5) is 0. The number of ether oxygens (including phenoxy) is 2.